The molecule has 0 aliphatic heterocycles. The molecule has 0 radical (unpaired) electrons. The maximum Gasteiger partial charge on any atom is 0.175 e. The van der Waals surface area contributed by atoms with Gasteiger partial charge in [0.05, 0.1) is 10.9 Å². The summed E-state index contributed by atoms with van der Waals surface area (Å²) in [6.07, 6.45) is 1.16. The zero-order chi connectivity index (χ0) is 14.8. The Labute approximate surface area is 118 Å². The molecule has 106 valence electrons. The normalized spacial score (nSPS) is 13.2. The van der Waals surface area contributed by atoms with Gasteiger partial charge >= 0.3 is 0 Å². The van der Waals surface area contributed by atoms with Gasteiger partial charge in [0.1, 0.15) is 5.82 Å². The summed E-state index contributed by atoms with van der Waals surface area (Å²) in [5.41, 5.74) is 1.34. The van der Waals surface area contributed by atoms with E-state index in [2.05, 4.69) is 5.32 Å². The van der Waals surface area contributed by atoms with Crippen LogP contribution in [0.4, 0.5) is 4.39 Å². The number of rotatable bonds is 4. The van der Waals surface area contributed by atoms with Gasteiger partial charge in [-0.25, -0.2) is 12.8 Å². The van der Waals surface area contributed by atoms with Crippen LogP contribution in [0.15, 0.2) is 53.4 Å². The van der Waals surface area contributed by atoms with E-state index >= 15 is 0 Å². The van der Waals surface area contributed by atoms with Crippen LogP contribution in [-0.2, 0) is 9.84 Å². The lowest BCUT2D eigenvalue weighted by Gasteiger charge is -2.18. The molecule has 0 saturated carbocycles. The third-order valence-corrected chi connectivity index (χ3v) is 4.27. The topological polar surface area (TPSA) is 46.2 Å². The highest BCUT2D eigenvalue weighted by Gasteiger charge is 2.16. The molecule has 0 saturated heterocycles. The molecule has 2 aromatic rings. The first kappa shape index (κ1) is 14.7. The van der Waals surface area contributed by atoms with E-state index in [1.54, 1.807) is 37.4 Å². The predicted octanol–water partition coefficient (Wildman–Crippen LogP) is 2.54. The summed E-state index contributed by atoms with van der Waals surface area (Å²) in [5.74, 6) is -0.293. The molecule has 2 aromatic carbocycles. The molecule has 1 N–H and O–H groups in total. The van der Waals surface area contributed by atoms with E-state index in [0.29, 0.717) is 5.56 Å². The minimum Gasteiger partial charge on any atom is -0.309 e. The van der Waals surface area contributed by atoms with E-state index < -0.39 is 9.84 Å². The van der Waals surface area contributed by atoms with Crippen molar-refractivity contribution in [1.82, 2.24) is 5.32 Å². The molecule has 1 atom stereocenters. The number of sulfone groups is 1. The van der Waals surface area contributed by atoms with Crippen LogP contribution in [0.3, 0.4) is 0 Å². The molecular formula is C15H16FNO2S. The van der Waals surface area contributed by atoms with E-state index in [4.69, 9.17) is 0 Å². The van der Waals surface area contributed by atoms with Crippen molar-refractivity contribution in [1.29, 1.82) is 0 Å². The van der Waals surface area contributed by atoms with Gasteiger partial charge in [0.25, 0.3) is 0 Å². The predicted molar refractivity (Wildman–Crippen MR) is 76.9 cm³/mol. The molecule has 0 bridgehead atoms. The van der Waals surface area contributed by atoms with Gasteiger partial charge in [0, 0.05) is 11.8 Å². The molecule has 0 aliphatic rings. The monoisotopic (exact) mass is 293 g/mol. The Hall–Kier alpha value is -1.72. The number of hydrogen-bond donors (Lipinski definition) is 1. The Morgan fingerprint density at radius 3 is 2.15 bits per heavy atom. The lowest BCUT2D eigenvalue weighted by atomic mass is 9.98. The van der Waals surface area contributed by atoms with E-state index in [1.807, 2.05) is 0 Å². The van der Waals surface area contributed by atoms with Gasteiger partial charge < -0.3 is 5.32 Å². The first-order valence-electron chi connectivity index (χ1n) is 6.15. The molecule has 0 heterocycles. The minimum atomic E-state index is -3.22. The SMILES string of the molecule is CNC(c1ccc(S(C)(=O)=O)cc1)c1ccccc1F. The molecule has 3 nitrogen and oxygen atoms in total. The zero-order valence-electron chi connectivity index (χ0n) is 11.3. The second-order valence-electron chi connectivity index (χ2n) is 4.58. The fraction of sp³-hybridized carbons (Fsp3) is 0.200. The summed E-state index contributed by atoms with van der Waals surface area (Å²) in [5, 5.41) is 3.04. The van der Waals surface area contributed by atoms with Gasteiger partial charge in [-0.05, 0) is 30.8 Å². The van der Waals surface area contributed by atoms with Crippen LogP contribution in [0.2, 0.25) is 0 Å². The van der Waals surface area contributed by atoms with Crippen LogP contribution in [0.25, 0.3) is 0 Å². The lowest BCUT2D eigenvalue weighted by molar-refractivity contribution is 0.576. The fourth-order valence-corrected chi connectivity index (χ4v) is 2.75. The third-order valence-electron chi connectivity index (χ3n) is 3.15. The van der Waals surface area contributed by atoms with Crippen molar-refractivity contribution in [3.05, 3.63) is 65.5 Å². The van der Waals surface area contributed by atoms with Crippen molar-refractivity contribution >= 4 is 9.84 Å². The maximum atomic E-state index is 13.8. The molecule has 20 heavy (non-hydrogen) atoms. The van der Waals surface area contributed by atoms with Crippen molar-refractivity contribution < 1.29 is 12.8 Å². The van der Waals surface area contributed by atoms with Gasteiger partial charge in [0.2, 0.25) is 0 Å². The molecule has 0 aliphatic carbocycles. The number of nitrogens with one attached hydrogen (secondary N) is 1. The zero-order valence-corrected chi connectivity index (χ0v) is 12.1. The van der Waals surface area contributed by atoms with Gasteiger partial charge in [-0.15, -0.1) is 0 Å². The third kappa shape index (κ3) is 3.05. The molecule has 0 aromatic heterocycles. The largest absolute Gasteiger partial charge is 0.309 e. The number of benzene rings is 2. The van der Waals surface area contributed by atoms with Crippen LogP contribution >= 0.6 is 0 Å². The highest BCUT2D eigenvalue weighted by atomic mass is 32.2. The first-order chi connectivity index (χ1) is 9.43. The average molecular weight is 293 g/mol. The van der Waals surface area contributed by atoms with Gasteiger partial charge in [-0.2, -0.15) is 0 Å². The first-order valence-corrected chi connectivity index (χ1v) is 8.04. The van der Waals surface area contributed by atoms with Gasteiger partial charge in [0.15, 0.2) is 9.84 Å². The van der Waals surface area contributed by atoms with E-state index in [0.717, 1.165) is 11.8 Å². The van der Waals surface area contributed by atoms with Crippen molar-refractivity contribution in [3.63, 3.8) is 0 Å². The Kier molecular flexibility index (Phi) is 4.20. The Bertz CT molecular complexity index is 696. The molecule has 0 amide bonds. The molecular weight excluding hydrogens is 277 g/mol. The summed E-state index contributed by atoms with van der Waals surface area (Å²) >= 11 is 0. The van der Waals surface area contributed by atoms with Gasteiger partial charge in [-0.1, -0.05) is 30.3 Å². The minimum absolute atomic E-state index is 0.254. The van der Waals surface area contributed by atoms with Crippen molar-refractivity contribution in [2.24, 2.45) is 0 Å². The number of hydrogen-bond acceptors (Lipinski definition) is 3. The summed E-state index contributed by atoms with van der Waals surface area (Å²) < 4.78 is 36.7. The van der Waals surface area contributed by atoms with Crippen molar-refractivity contribution in [2.45, 2.75) is 10.9 Å². The average Bonchev–Trinajstić information content (AvgIpc) is 2.41. The Balaban J connectivity index is 2.41. The van der Waals surface area contributed by atoms with E-state index in [-0.39, 0.29) is 16.8 Å². The van der Waals surface area contributed by atoms with Gasteiger partial charge in [-0.3, -0.25) is 0 Å². The molecule has 1 unspecified atom stereocenters. The van der Waals surface area contributed by atoms with Crippen LogP contribution in [-0.4, -0.2) is 21.7 Å². The summed E-state index contributed by atoms with van der Waals surface area (Å²) in [6, 6.07) is 12.7. The molecule has 0 spiro atoms. The molecule has 5 heteroatoms. The Morgan fingerprint density at radius 1 is 1.05 bits per heavy atom. The lowest BCUT2D eigenvalue weighted by Crippen LogP contribution is -2.19. The number of halogens is 1. The van der Waals surface area contributed by atoms with Crippen molar-refractivity contribution in [3.8, 4) is 0 Å². The van der Waals surface area contributed by atoms with E-state index in [9.17, 15) is 12.8 Å². The highest BCUT2D eigenvalue weighted by Crippen LogP contribution is 2.25. The van der Waals surface area contributed by atoms with Crippen LogP contribution in [0, 0.1) is 5.82 Å². The maximum absolute atomic E-state index is 13.8. The molecule has 2 rings (SSSR count). The second kappa shape index (κ2) is 5.73. The van der Waals surface area contributed by atoms with Crippen LogP contribution < -0.4 is 5.32 Å². The molecule has 0 fully saturated rings. The fourth-order valence-electron chi connectivity index (χ4n) is 2.12. The second-order valence-corrected chi connectivity index (χ2v) is 6.60. The summed E-state index contributed by atoms with van der Waals surface area (Å²) in [7, 11) is -1.48. The van der Waals surface area contributed by atoms with E-state index in [1.165, 1.54) is 18.2 Å². The highest BCUT2D eigenvalue weighted by molar-refractivity contribution is 7.90. The van der Waals surface area contributed by atoms with Crippen LogP contribution in [0.1, 0.15) is 17.2 Å². The van der Waals surface area contributed by atoms with Crippen molar-refractivity contribution in [2.75, 3.05) is 13.3 Å². The summed E-state index contributed by atoms with van der Waals surface area (Å²) in [6.45, 7) is 0. The standard InChI is InChI=1S/C15H16FNO2S/c1-17-15(13-5-3-4-6-14(13)16)11-7-9-12(10-8-11)20(2,18)19/h3-10,15,17H,1-2H3. The van der Waals surface area contributed by atoms with Crippen LogP contribution in [0.5, 0.6) is 0 Å². The summed E-state index contributed by atoms with van der Waals surface area (Å²) in [4.78, 5) is 0.254. The quantitative estimate of drug-likeness (QED) is 0.942. The Morgan fingerprint density at radius 2 is 1.65 bits per heavy atom. The smallest absolute Gasteiger partial charge is 0.175 e.